The fourth-order valence-corrected chi connectivity index (χ4v) is 2.28. The van der Waals surface area contributed by atoms with Crippen LogP contribution in [-0.4, -0.2) is 21.9 Å². The molecule has 0 aliphatic heterocycles. The van der Waals surface area contributed by atoms with Gasteiger partial charge in [-0.15, -0.1) is 0 Å². The van der Waals surface area contributed by atoms with Gasteiger partial charge in [-0.2, -0.15) is 4.98 Å². The molecule has 0 amide bonds. The molecule has 1 heterocycles. The molecule has 84 valence electrons. The van der Waals surface area contributed by atoms with Gasteiger partial charge in [-0.3, -0.25) is 0 Å². The molecule has 1 unspecified atom stereocenters. The zero-order valence-electron chi connectivity index (χ0n) is 9.36. The number of nitrogens with zero attached hydrogens (tertiary/aromatic N) is 2. The van der Waals surface area contributed by atoms with Crippen molar-refractivity contribution < 1.29 is 9.63 Å². The van der Waals surface area contributed by atoms with E-state index in [1.54, 1.807) is 0 Å². The van der Waals surface area contributed by atoms with Crippen molar-refractivity contribution in [3.63, 3.8) is 0 Å². The SMILES string of the molecule is CC1(C)CCC(c2nc(CCO)no2)C1. The summed E-state index contributed by atoms with van der Waals surface area (Å²) in [6.07, 6.45) is 3.95. The summed E-state index contributed by atoms with van der Waals surface area (Å²) in [5.41, 5.74) is 0.399. The fraction of sp³-hybridized carbons (Fsp3) is 0.818. The maximum Gasteiger partial charge on any atom is 0.229 e. The predicted octanol–water partition coefficient (Wildman–Crippen LogP) is 1.90. The van der Waals surface area contributed by atoms with E-state index in [9.17, 15) is 0 Å². The number of aliphatic hydroxyl groups is 1. The molecule has 1 aromatic heterocycles. The molecule has 1 fully saturated rings. The monoisotopic (exact) mass is 210 g/mol. The number of rotatable bonds is 3. The Hall–Kier alpha value is -0.900. The summed E-state index contributed by atoms with van der Waals surface area (Å²) >= 11 is 0. The first-order valence-electron chi connectivity index (χ1n) is 5.54. The van der Waals surface area contributed by atoms with Gasteiger partial charge < -0.3 is 9.63 Å². The van der Waals surface area contributed by atoms with E-state index in [0.29, 0.717) is 23.6 Å². The van der Waals surface area contributed by atoms with Gasteiger partial charge in [0.25, 0.3) is 0 Å². The summed E-state index contributed by atoms with van der Waals surface area (Å²) in [6, 6.07) is 0. The lowest BCUT2D eigenvalue weighted by atomic mass is 9.90. The van der Waals surface area contributed by atoms with E-state index in [1.165, 1.54) is 6.42 Å². The van der Waals surface area contributed by atoms with Crippen LogP contribution >= 0.6 is 0 Å². The van der Waals surface area contributed by atoms with Crippen molar-refractivity contribution in [2.24, 2.45) is 5.41 Å². The van der Waals surface area contributed by atoms with Gasteiger partial charge >= 0.3 is 0 Å². The molecule has 1 aliphatic rings. The minimum atomic E-state index is 0.0785. The van der Waals surface area contributed by atoms with Crippen molar-refractivity contribution in [1.29, 1.82) is 0 Å². The smallest absolute Gasteiger partial charge is 0.229 e. The molecule has 1 N–H and O–H groups in total. The van der Waals surface area contributed by atoms with Crippen LogP contribution in [0.4, 0.5) is 0 Å². The van der Waals surface area contributed by atoms with E-state index in [0.717, 1.165) is 18.7 Å². The molecule has 0 radical (unpaired) electrons. The van der Waals surface area contributed by atoms with Crippen molar-refractivity contribution in [3.05, 3.63) is 11.7 Å². The first kappa shape index (κ1) is 10.6. The highest BCUT2D eigenvalue weighted by molar-refractivity contribution is 5.00. The van der Waals surface area contributed by atoms with Gasteiger partial charge in [-0.05, 0) is 24.7 Å². The third kappa shape index (κ3) is 2.37. The number of hydrogen-bond donors (Lipinski definition) is 1. The van der Waals surface area contributed by atoms with Crippen LogP contribution in [0.15, 0.2) is 4.52 Å². The molecule has 4 nitrogen and oxygen atoms in total. The van der Waals surface area contributed by atoms with Gasteiger partial charge in [0.05, 0.1) is 6.61 Å². The van der Waals surface area contributed by atoms with E-state index in [2.05, 4.69) is 24.0 Å². The standard InChI is InChI=1S/C11H18N2O2/c1-11(2)5-3-8(7-11)10-12-9(4-6-14)13-15-10/h8,14H,3-7H2,1-2H3. The van der Waals surface area contributed by atoms with Crippen molar-refractivity contribution in [2.45, 2.75) is 45.4 Å². The summed E-state index contributed by atoms with van der Waals surface area (Å²) in [6.45, 7) is 4.63. The summed E-state index contributed by atoms with van der Waals surface area (Å²) in [4.78, 5) is 4.31. The molecule has 2 rings (SSSR count). The van der Waals surface area contributed by atoms with Gasteiger partial charge in [0, 0.05) is 12.3 Å². The minimum absolute atomic E-state index is 0.0785. The Morgan fingerprint density at radius 3 is 2.93 bits per heavy atom. The zero-order chi connectivity index (χ0) is 10.9. The highest BCUT2D eigenvalue weighted by atomic mass is 16.5. The van der Waals surface area contributed by atoms with Crippen LogP contribution in [0, 0.1) is 5.41 Å². The lowest BCUT2D eigenvalue weighted by Crippen LogP contribution is -2.04. The van der Waals surface area contributed by atoms with Crippen LogP contribution in [0.2, 0.25) is 0 Å². The van der Waals surface area contributed by atoms with Gasteiger partial charge in [0.15, 0.2) is 5.82 Å². The Morgan fingerprint density at radius 1 is 1.53 bits per heavy atom. The van der Waals surface area contributed by atoms with E-state index >= 15 is 0 Å². The van der Waals surface area contributed by atoms with Crippen molar-refractivity contribution in [1.82, 2.24) is 10.1 Å². The zero-order valence-corrected chi connectivity index (χ0v) is 9.36. The van der Waals surface area contributed by atoms with E-state index in [4.69, 9.17) is 9.63 Å². The molecule has 15 heavy (non-hydrogen) atoms. The normalized spacial score (nSPS) is 24.6. The molecular weight excluding hydrogens is 192 g/mol. The summed E-state index contributed by atoms with van der Waals surface area (Å²) in [5.74, 6) is 1.79. The van der Waals surface area contributed by atoms with Crippen molar-refractivity contribution in [3.8, 4) is 0 Å². The number of aromatic nitrogens is 2. The quantitative estimate of drug-likeness (QED) is 0.827. The summed E-state index contributed by atoms with van der Waals surface area (Å²) < 4.78 is 5.22. The molecule has 0 aromatic carbocycles. The van der Waals surface area contributed by atoms with Gasteiger partial charge in [0.1, 0.15) is 0 Å². The highest BCUT2D eigenvalue weighted by Gasteiger charge is 2.34. The van der Waals surface area contributed by atoms with Gasteiger partial charge in [-0.1, -0.05) is 19.0 Å². The Kier molecular flexibility index (Phi) is 2.78. The maximum absolute atomic E-state index is 8.76. The van der Waals surface area contributed by atoms with E-state index < -0.39 is 0 Å². The minimum Gasteiger partial charge on any atom is -0.396 e. The van der Waals surface area contributed by atoms with E-state index in [-0.39, 0.29) is 6.61 Å². The lowest BCUT2D eigenvalue weighted by Gasteiger charge is -2.15. The molecule has 1 saturated carbocycles. The molecule has 1 aliphatic carbocycles. The Labute approximate surface area is 89.7 Å². The molecule has 0 spiro atoms. The third-order valence-corrected chi connectivity index (χ3v) is 3.14. The third-order valence-electron chi connectivity index (χ3n) is 3.14. The second-order valence-corrected chi connectivity index (χ2v) is 5.13. The van der Waals surface area contributed by atoms with Crippen LogP contribution in [0.1, 0.15) is 50.7 Å². The van der Waals surface area contributed by atoms with Crippen LogP contribution in [0.3, 0.4) is 0 Å². The second kappa shape index (κ2) is 3.93. The maximum atomic E-state index is 8.76. The highest BCUT2D eigenvalue weighted by Crippen LogP contribution is 2.45. The average Bonchev–Trinajstić information content (AvgIpc) is 2.73. The largest absolute Gasteiger partial charge is 0.396 e. The Bertz CT molecular complexity index is 333. The van der Waals surface area contributed by atoms with Gasteiger partial charge in [-0.25, -0.2) is 0 Å². The fourth-order valence-electron chi connectivity index (χ4n) is 2.28. The van der Waals surface area contributed by atoms with Crippen LogP contribution in [0.5, 0.6) is 0 Å². The molecular formula is C11H18N2O2. The average molecular weight is 210 g/mol. The lowest BCUT2D eigenvalue weighted by molar-refractivity contribution is 0.291. The van der Waals surface area contributed by atoms with Crippen molar-refractivity contribution >= 4 is 0 Å². The van der Waals surface area contributed by atoms with E-state index in [1.807, 2.05) is 0 Å². The number of hydrogen-bond acceptors (Lipinski definition) is 4. The molecule has 1 atom stereocenters. The molecule has 4 heteroatoms. The van der Waals surface area contributed by atoms with Crippen LogP contribution < -0.4 is 0 Å². The van der Waals surface area contributed by atoms with Gasteiger partial charge in [0.2, 0.25) is 5.89 Å². The van der Waals surface area contributed by atoms with Crippen LogP contribution in [0.25, 0.3) is 0 Å². The Balaban J connectivity index is 2.04. The first-order chi connectivity index (χ1) is 7.11. The van der Waals surface area contributed by atoms with Crippen molar-refractivity contribution in [2.75, 3.05) is 6.61 Å². The molecule has 0 saturated heterocycles. The molecule has 0 bridgehead atoms. The molecule has 1 aromatic rings. The first-order valence-corrected chi connectivity index (χ1v) is 5.54. The number of aliphatic hydroxyl groups excluding tert-OH is 1. The summed E-state index contributed by atoms with van der Waals surface area (Å²) in [7, 11) is 0. The van der Waals surface area contributed by atoms with Crippen LogP contribution in [-0.2, 0) is 6.42 Å². The predicted molar refractivity (Wildman–Crippen MR) is 55.5 cm³/mol. The topological polar surface area (TPSA) is 59.2 Å². The second-order valence-electron chi connectivity index (χ2n) is 5.13. The summed E-state index contributed by atoms with van der Waals surface area (Å²) in [5, 5.41) is 12.6. The Morgan fingerprint density at radius 2 is 2.33 bits per heavy atom.